The molecule has 0 saturated carbocycles. The average Bonchev–Trinajstić information content (AvgIpc) is 2.62. The predicted octanol–water partition coefficient (Wildman–Crippen LogP) is 4.59. The molecule has 3 aromatic carbocycles. The van der Waals surface area contributed by atoms with Crippen LogP contribution in [-0.4, -0.2) is 12.2 Å². The molecule has 3 heteroatoms. The van der Waals surface area contributed by atoms with Crippen molar-refractivity contribution in [1.82, 2.24) is 0 Å². The van der Waals surface area contributed by atoms with Crippen LogP contribution in [0.15, 0.2) is 72.8 Å². The third-order valence-electron chi connectivity index (χ3n) is 3.33. The lowest BCUT2D eigenvalue weighted by Crippen LogP contribution is -1.87. The van der Waals surface area contributed by atoms with Gasteiger partial charge in [-0.3, -0.25) is 0 Å². The molecule has 0 spiro atoms. The first kappa shape index (κ1) is 15.5. The molecule has 0 heterocycles. The Bertz CT molecular complexity index is 887. The van der Waals surface area contributed by atoms with E-state index in [4.69, 9.17) is 9.47 Å². The van der Waals surface area contributed by atoms with E-state index in [0.717, 1.165) is 16.9 Å². The summed E-state index contributed by atoms with van der Waals surface area (Å²) in [5, 5.41) is 9.28. The van der Waals surface area contributed by atoms with Crippen molar-refractivity contribution in [3.63, 3.8) is 0 Å². The molecule has 3 aromatic rings. The van der Waals surface area contributed by atoms with Crippen molar-refractivity contribution in [1.29, 1.82) is 0 Å². The number of rotatable bonds is 3. The van der Waals surface area contributed by atoms with Gasteiger partial charge in [0.1, 0.15) is 23.0 Å². The van der Waals surface area contributed by atoms with Crippen molar-refractivity contribution < 1.29 is 14.6 Å². The molecule has 118 valence electrons. The summed E-state index contributed by atoms with van der Waals surface area (Å²) in [4.78, 5) is 0. The van der Waals surface area contributed by atoms with Gasteiger partial charge in [-0.1, -0.05) is 24.0 Å². The van der Waals surface area contributed by atoms with Crippen molar-refractivity contribution in [2.24, 2.45) is 0 Å². The predicted molar refractivity (Wildman–Crippen MR) is 93.6 cm³/mol. The molecule has 24 heavy (non-hydrogen) atoms. The van der Waals surface area contributed by atoms with E-state index in [1.807, 2.05) is 48.5 Å². The van der Waals surface area contributed by atoms with E-state index in [-0.39, 0.29) is 5.75 Å². The second-order valence-electron chi connectivity index (χ2n) is 5.11. The fourth-order valence-electron chi connectivity index (χ4n) is 2.13. The SMILES string of the molecule is COc1cccc(Oc2cccc(C#Cc3ccc(O)cc3)c2)c1. The minimum absolute atomic E-state index is 0.231. The topological polar surface area (TPSA) is 38.7 Å². The minimum Gasteiger partial charge on any atom is -0.508 e. The number of hydrogen-bond acceptors (Lipinski definition) is 3. The van der Waals surface area contributed by atoms with Gasteiger partial charge in [-0.15, -0.1) is 0 Å². The quantitative estimate of drug-likeness (QED) is 0.718. The van der Waals surface area contributed by atoms with Gasteiger partial charge in [0.2, 0.25) is 0 Å². The van der Waals surface area contributed by atoms with E-state index in [2.05, 4.69) is 11.8 Å². The molecular weight excluding hydrogens is 300 g/mol. The zero-order chi connectivity index (χ0) is 16.8. The number of phenols is 1. The van der Waals surface area contributed by atoms with Crippen LogP contribution in [0.25, 0.3) is 0 Å². The lowest BCUT2D eigenvalue weighted by Gasteiger charge is -2.07. The highest BCUT2D eigenvalue weighted by Gasteiger charge is 2.00. The normalized spacial score (nSPS) is 9.71. The number of methoxy groups -OCH3 is 1. The summed E-state index contributed by atoms with van der Waals surface area (Å²) in [7, 11) is 1.62. The molecule has 0 fully saturated rings. The zero-order valence-corrected chi connectivity index (χ0v) is 13.2. The molecule has 0 aromatic heterocycles. The minimum atomic E-state index is 0.231. The third kappa shape index (κ3) is 4.08. The number of hydrogen-bond donors (Lipinski definition) is 1. The van der Waals surface area contributed by atoms with Gasteiger partial charge in [0, 0.05) is 17.2 Å². The molecule has 3 rings (SSSR count). The van der Waals surface area contributed by atoms with Gasteiger partial charge in [-0.25, -0.2) is 0 Å². The first-order valence-corrected chi connectivity index (χ1v) is 7.46. The second kappa shape index (κ2) is 7.26. The van der Waals surface area contributed by atoms with Crippen LogP contribution in [0.2, 0.25) is 0 Å². The molecule has 0 unspecified atom stereocenters. The Labute approximate surface area is 141 Å². The molecule has 0 aliphatic heterocycles. The van der Waals surface area contributed by atoms with E-state index in [9.17, 15) is 5.11 Å². The Kier molecular flexibility index (Phi) is 4.69. The number of aromatic hydroxyl groups is 1. The van der Waals surface area contributed by atoms with Crippen LogP contribution in [0.3, 0.4) is 0 Å². The van der Waals surface area contributed by atoms with Crippen molar-refractivity contribution in [3.8, 4) is 34.8 Å². The van der Waals surface area contributed by atoms with Gasteiger partial charge in [0.25, 0.3) is 0 Å². The van der Waals surface area contributed by atoms with Gasteiger partial charge in [0.05, 0.1) is 7.11 Å². The van der Waals surface area contributed by atoms with Gasteiger partial charge < -0.3 is 14.6 Å². The standard InChI is InChI=1S/C21H16O3/c1-23-19-5-3-7-21(15-19)24-20-6-2-4-17(14-20)9-8-16-10-12-18(22)13-11-16/h2-7,10-15,22H,1H3. The summed E-state index contributed by atoms with van der Waals surface area (Å²) in [6.07, 6.45) is 0. The molecule has 0 bridgehead atoms. The van der Waals surface area contributed by atoms with E-state index < -0.39 is 0 Å². The molecule has 0 atom stereocenters. The molecule has 1 N–H and O–H groups in total. The Balaban J connectivity index is 1.78. The second-order valence-corrected chi connectivity index (χ2v) is 5.11. The average molecular weight is 316 g/mol. The van der Waals surface area contributed by atoms with E-state index in [0.29, 0.717) is 11.5 Å². The molecule has 0 aliphatic rings. The lowest BCUT2D eigenvalue weighted by atomic mass is 10.1. The van der Waals surface area contributed by atoms with E-state index in [1.165, 1.54) is 0 Å². The smallest absolute Gasteiger partial charge is 0.131 e. The highest BCUT2D eigenvalue weighted by molar-refractivity contribution is 5.47. The maximum Gasteiger partial charge on any atom is 0.131 e. The largest absolute Gasteiger partial charge is 0.508 e. The molecule has 0 amide bonds. The number of ether oxygens (including phenoxy) is 2. The first-order valence-electron chi connectivity index (χ1n) is 7.46. The van der Waals surface area contributed by atoms with Crippen LogP contribution >= 0.6 is 0 Å². The van der Waals surface area contributed by atoms with Crippen molar-refractivity contribution in [3.05, 3.63) is 83.9 Å². The molecule has 3 nitrogen and oxygen atoms in total. The van der Waals surface area contributed by atoms with Gasteiger partial charge in [-0.05, 0) is 54.6 Å². The van der Waals surface area contributed by atoms with E-state index >= 15 is 0 Å². The van der Waals surface area contributed by atoms with Gasteiger partial charge in [0.15, 0.2) is 0 Å². The highest BCUT2D eigenvalue weighted by atomic mass is 16.5. The van der Waals surface area contributed by atoms with E-state index in [1.54, 1.807) is 31.4 Å². The zero-order valence-electron chi connectivity index (χ0n) is 13.2. The van der Waals surface area contributed by atoms with Gasteiger partial charge in [-0.2, -0.15) is 0 Å². The summed E-state index contributed by atoms with van der Waals surface area (Å²) in [6.45, 7) is 0. The van der Waals surface area contributed by atoms with Crippen molar-refractivity contribution in [2.45, 2.75) is 0 Å². The maximum absolute atomic E-state index is 9.28. The highest BCUT2D eigenvalue weighted by Crippen LogP contribution is 2.25. The first-order chi connectivity index (χ1) is 11.7. The van der Waals surface area contributed by atoms with Crippen molar-refractivity contribution >= 4 is 0 Å². The fraction of sp³-hybridized carbons (Fsp3) is 0.0476. The lowest BCUT2D eigenvalue weighted by molar-refractivity contribution is 0.409. The maximum atomic E-state index is 9.28. The molecule has 0 saturated heterocycles. The summed E-state index contributed by atoms with van der Waals surface area (Å²) in [6, 6.07) is 21.8. The van der Waals surface area contributed by atoms with Crippen LogP contribution in [0, 0.1) is 11.8 Å². The van der Waals surface area contributed by atoms with Crippen LogP contribution in [0.1, 0.15) is 11.1 Å². The number of benzene rings is 3. The summed E-state index contributed by atoms with van der Waals surface area (Å²) in [5.41, 5.74) is 1.69. The molecular formula is C21H16O3. The summed E-state index contributed by atoms with van der Waals surface area (Å²) in [5.74, 6) is 8.55. The van der Waals surface area contributed by atoms with Crippen LogP contribution in [-0.2, 0) is 0 Å². The Morgan fingerprint density at radius 3 is 2.08 bits per heavy atom. The van der Waals surface area contributed by atoms with Crippen molar-refractivity contribution in [2.75, 3.05) is 7.11 Å². The number of phenolic OH excluding ortho intramolecular Hbond substituents is 1. The molecule has 0 aliphatic carbocycles. The van der Waals surface area contributed by atoms with Gasteiger partial charge >= 0.3 is 0 Å². The fourth-order valence-corrected chi connectivity index (χ4v) is 2.13. The third-order valence-corrected chi connectivity index (χ3v) is 3.33. The van der Waals surface area contributed by atoms with Crippen LogP contribution in [0.5, 0.6) is 23.0 Å². The Morgan fingerprint density at radius 2 is 1.33 bits per heavy atom. The summed E-state index contributed by atoms with van der Waals surface area (Å²) < 4.78 is 11.0. The Hall–Kier alpha value is -3.38. The molecule has 0 radical (unpaired) electrons. The van der Waals surface area contributed by atoms with Crippen LogP contribution in [0.4, 0.5) is 0 Å². The Morgan fingerprint density at radius 1 is 0.708 bits per heavy atom. The monoisotopic (exact) mass is 316 g/mol. The van der Waals surface area contributed by atoms with Crippen LogP contribution < -0.4 is 9.47 Å². The summed E-state index contributed by atoms with van der Waals surface area (Å²) >= 11 is 0.